The van der Waals surface area contributed by atoms with Crippen molar-refractivity contribution in [3.8, 4) is 5.75 Å². The Morgan fingerprint density at radius 1 is 1.35 bits per heavy atom. The highest BCUT2D eigenvalue weighted by molar-refractivity contribution is 5.68. The van der Waals surface area contributed by atoms with Crippen LogP contribution in [0.4, 0.5) is 0 Å². The molecule has 17 heavy (non-hydrogen) atoms. The average molecular weight is 238 g/mol. The number of carbonyl (C=O) groups is 1. The Morgan fingerprint density at radius 2 is 1.94 bits per heavy atom. The SMILES string of the molecule is COc1ccc(C(C)(O)CC(=O)O)c(C)c1C. The third-order valence-corrected chi connectivity index (χ3v) is 3.03. The number of carboxylic acids is 1. The molecule has 0 saturated carbocycles. The van der Waals surface area contributed by atoms with Crippen molar-refractivity contribution in [3.63, 3.8) is 0 Å². The van der Waals surface area contributed by atoms with Crippen molar-refractivity contribution in [2.24, 2.45) is 0 Å². The second kappa shape index (κ2) is 4.75. The molecule has 1 atom stereocenters. The van der Waals surface area contributed by atoms with Gasteiger partial charge in [0.05, 0.1) is 19.1 Å². The summed E-state index contributed by atoms with van der Waals surface area (Å²) in [5.41, 5.74) is 1.02. The fourth-order valence-corrected chi connectivity index (χ4v) is 1.99. The average Bonchev–Trinajstić information content (AvgIpc) is 2.19. The van der Waals surface area contributed by atoms with Crippen molar-refractivity contribution in [1.29, 1.82) is 0 Å². The van der Waals surface area contributed by atoms with Crippen molar-refractivity contribution < 1.29 is 19.7 Å². The van der Waals surface area contributed by atoms with Crippen LogP contribution in [0.1, 0.15) is 30.0 Å². The first kappa shape index (κ1) is 13.5. The van der Waals surface area contributed by atoms with Crippen LogP contribution in [0.15, 0.2) is 12.1 Å². The van der Waals surface area contributed by atoms with Gasteiger partial charge in [-0.15, -0.1) is 0 Å². The number of aliphatic carboxylic acids is 1. The zero-order valence-corrected chi connectivity index (χ0v) is 10.6. The van der Waals surface area contributed by atoms with Gasteiger partial charge < -0.3 is 14.9 Å². The molecule has 4 nitrogen and oxygen atoms in total. The Labute approximate surface area is 101 Å². The second-order valence-electron chi connectivity index (χ2n) is 4.41. The van der Waals surface area contributed by atoms with Gasteiger partial charge in [0, 0.05) is 0 Å². The van der Waals surface area contributed by atoms with Crippen LogP contribution in [-0.2, 0) is 10.4 Å². The fraction of sp³-hybridized carbons (Fsp3) is 0.462. The highest BCUT2D eigenvalue weighted by atomic mass is 16.5. The van der Waals surface area contributed by atoms with E-state index in [4.69, 9.17) is 9.84 Å². The summed E-state index contributed by atoms with van der Waals surface area (Å²) in [5.74, 6) is -0.291. The maximum absolute atomic E-state index is 10.7. The standard InChI is InChI=1S/C13H18O4/c1-8-9(2)11(17-4)6-5-10(8)13(3,16)7-12(14)15/h5-6,16H,7H2,1-4H3,(H,14,15). The zero-order chi connectivity index (χ0) is 13.2. The predicted octanol–water partition coefficient (Wildman–Crippen LogP) is 1.99. The number of hydrogen-bond donors (Lipinski definition) is 2. The zero-order valence-electron chi connectivity index (χ0n) is 10.6. The number of hydrogen-bond acceptors (Lipinski definition) is 3. The fourth-order valence-electron chi connectivity index (χ4n) is 1.99. The van der Waals surface area contributed by atoms with Gasteiger partial charge in [0.15, 0.2) is 0 Å². The van der Waals surface area contributed by atoms with Crippen LogP contribution in [0.3, 0.4) is 0 Å². The van der Waals surface area contributed by atoms with Gasteiger partial charge in [-0.25, -0.2) is 0 Å². The van der Waals surface area contributed by atoms with Gasteiger partial charge in [-0.2, -0.15) is 0 Å². The van der Waals surface area contributed by atoms with Gasteiger partial charge in [0.2, 0.25) is 0 Å². The third-order valence-electron chi connectivity index (χ3n) is 3.03. The Morgan fingerprint density at radius 3 is 2.41 bits per heavy atom. The van der Waals surface area contributed by atoms with Crippen molar-refractivity contribution >= 4 is 5.97 Å². The first-order valence-corrected chi connectivity index (χ1v) is 5.38. The molecule has 0 spiro atoms. The van der Waals surface area contributed by atoms with Crippen LogP contribution in [0.5, 0.6) is 5.75 Å². The highest BCUT2D eigenvalue weighted by Crippen LogP contribution is 2.32. The van der Waals surface area contributed by atoms with Gasteiger partial charge in [-0.3, -0.25) is 4.79 Å². The number of aliphatic hydroxyl groups is 1. The summed E-state index contributed by atoms with van der Waals surface area (Å²) >= 11 is 0. The molecule has 2 N–H and O–H groups in total. The van der Waals surface area contributed by atoms with Crippen LogP contribution in [0.25, 0.3) is 0 Å². The van der Waals surface area contributed by atoms with Crippen molar-refractivity contribution in [1.82, 2.24) is 0 Å². The lowest BCUT2D eigenvalue weighted by atomic mass is 9.87. The number of rotatable bonds is 4. The molecule has 0 saturated heterocycles. The van der Waals surface area contributed by atoms with Gasteiger partial charge in [-0.05, 0) is 43.5 Å². The van der Waals surface area contributed by atoms with E-state index in [0.29, 0.717) is 5.56 Å². The van der Waals surface area contributed by atoms with Crippen LogP contribution >= 0.6 is 0 Å². The number of methoxy groups -OCH3 is 1. The van der Waals surface area contributed by atoms with Gasteiger partial charge in [0.1, 0.15) is 5.75 Å². The van der Waals surface area contributed by atoms with Crippen molar-refractivity contribution in [2.45, 2.75) is 32.8 Å². The minimum atomic E-state index is -1.37. The number of benzene rings is 1. The molecule has 0 fully saturated rings. The molecule has 0 bridgehead atoms. The summed E-state index contributed by atoms with van der Waals surface area (Å²) in [4.78, 5) is 10.7. The van der Waals surface area contributed by atoms with Gasteiger partial charge in [0.25, 0.3) is 0 Å². The van der Waals surface area contributed by atoms with Crippen LogP contribution < -0.4 is 4.74 Å². The van der Waals surface area contributed by atoms with Crippen molar-refractivity contribution in [3.05, 3.63) is 28.8 Å². The summed E-state index contributed by atoms with van der Waals surface area (Å²) in [6.45, 7) is 5.24. The molecular formula is C13H18O4. The topological polar surface area (TPSA) is 66.8 Å². The van der Waals surface area contributed by atoms with E-state index in [2.05, 4.69) is 0 Å². The molecule has 0 aromatic heterocycles. The first-order valence-electron chi connectivity index (χ1n) is 5.38. The van der Waals surface area contributed by atoms with E-state index in [1.165, 1.54) is 6.92 Å². The minimum absolute atomic E-state index is 0.320. The summed E-state index contributed by atoms with van der Waals surface area (Å²) in [7, 11) is 1.58. The Kier molecular flexibility index (Phi) is 3.78. The summed E-state index contributed by atoms with van der Waals surface area (Å²) in [6.07, 6.45) is -0.320. The molecule has 0 aliphatic heterocycles. The molecule has 1 aromatic carbocycles. The summed E-state index contributed by atoms with van der Waals surface area (Å²) < 4.78 is 5.18. The molecule has 1 aromatic rings. The van der Waals surface area contributed by atoms with Gasteiger partial charge in [-0.1, -0.05) is 6.07 Å². The molecule has 0 aliphatic rings. The molecule has 1 rings (SSSR count). The lowest BCUT2D eigenvalue weighted by molar-refractivity contribution is -0.142. The van der Waals surface area contributed by atoms with E-state index in [1.54, 1.807) is 19.2 Å². The maximum Gasteiger partial charge on any atom is 0.306 e. The smallest absolute Gasteiger partial charge is 0.306 e. The largest absolute Gasteiger partial charge is 0.496 e. The molecule has 4 heteroatoms. The monoisotopic (exact) mass is 238 g/mol. The minimum Gasteiger partial charge on any atom is -0.496 e. The van der Waals surface area contributed by atoms with Gasteiger partial charge >= 0.3 is 5.97 Å². The molecule has 94 valence electrons. The third kappa shape index (κ3) is 2.77. The Balaban J connectivity index is 3.24. The van der Waals surface area contributed by atoms with E-state index in [1.807, 2.05) is 13.8 Å². The Hall–Kier alpha value is -1.55. The van der Waals surface area contributed by atoms with E-state index in [-0.39, 0.29) is 6.42 Å². The molecule has 0 radical (unpaired) electrons. The van der Waals surface area contributed by atoms with Crippen LogP contribution in [-0.4, -0.2) is 23.3 Å². The summed E-state index contributed by atoms with van der Waals surface area (Å²) in [5, 5.41) is 19.0. The molecule has 1 unspecified atom stereocenters. The molecule has 0 amide bonds. The molecule has 0 heterocycles. The number of carboxylic acid groups (broad SMARTS) is 1. The van der Waals surface area contributed by atoms with E-state index >= 15 is 0 Å². The maximum atomic E-state index is 10.7. The normalized spacial score (nSPS) is 14.2. The lowest BCUT2D eigenvalue weighted by Crippen LogP contribution is -2.26. The first-order chi connectivity index (χ1) is 7.79. The van der Waals surface area contributed by atoms with Crippen LogP contribution in [0, 0.1) is 13.8 Å². The number of ether oxygens (including phenoxy) is 1. The highest BCUT2D eigenvalue weighted by Gasteiger charge is 2.29. The Bertz CT molecular complexity index is 435. The molecule has 0 aliphatic carbocycles. The lowest BCUT2D eigenvalue weighted by Gasteiger charge is -2.25. The quantitative estimate of drug-likeness (QED) is 0.841. The second-order valence-corrected chi connectivity index (χ2v) is 4.41. The van der Waals surface area contributed by atoms with Crippen LogP contribution in [0.2, 0.25) is 0 Å². The van der Waals surface area contributed by atoms with Crippen molar-refractivity contribution in [2.75, 3.05) is 7.11 Å². The van der Waals surface area contributed by atoms with E-state index in [9.17, 15) is 9.90 Å². The van der Waals surface area contributed by atoms with E-state index < -0.39 is 11.6 Å². The predicted molar refractivity (Wildman–Crippen MR) is 64.3 cm³/mol. The summed E-state index contributed by atoms with van der Waals surface area (Å²) in [6, 6.07) is 3.46. The molecular weight excluding hydrogens is 220 g/mol. The van der Waals surface area contributed by atoms with E-state index in [0.717, 1.165) is 16.9 Å².